The van der Waals surface area contributed by atoms with Crippen molar-refractivity contribution in [2.45, 2.75) is 44.9 Å². The molecule has 1 saturated carbocycles. The normalized spacial score (nSPS) is 21.8. The standard InChI is InChI=1S/C15H18F3NO3/c16-12-7-9(1-6-13(12)22-15(17)18)8-19-11-4-2-10(3-5-11)14(20)21/h1,6-7,10-11,15,19H,2-5,8H2,(H,20,21). The van der Waals surface area contributed by atoms with Gasteiger partial charge in [0.1, 0.15) is 0 Å². The van der Waals surface area contributed by atoms with Crippen LogP contribution in [0.15, 0.2) is 18.2 Å². The molecule has 0 aliphatic heterocycles. The van der Waals surface area contributed by atoms with Crippen LogP contribution in [0.2, 0.25) is 0 Å². The quantitative estimate of drug-likeness (QED) is 0.846. The second-order valence-corrected chi connectivity index (χ2v) is 5.41. The molecule has 0 atom stereocenters. The molecule has 0 aromatic heterocycles. The number of carboxylic acid groups (broad SMARTS) is 1. The Kier molecular flexibility index (Phi) is 5.65. The molecule has 0 amide bonds. The van der Waals surface area contributed by atoms with Crippen molar-refractivity contribution in [3.63, 3.8) is 0 Å². The van der Waals surface area contributed by atoms with Gasteiger partial charge in [0.25, 0.3) is 0 Å². The summed E-state index contributed by atoms with van der Waals surface area (Å²) in [7, 11) is 0. The highest BCUT2D eigenvalue weighted by Crippen LogP contribution is 2.25. The van der Waals surface area contributed by atoms with Gasteiger partial charge >= 0.3 is 12.6 Å². The summed E-state index contributed by atoms with van der Waals surface area (Å²) in [5.74, 6) is -2.33. The fourth-order valence-corrected chi connectivity index (χ4v) is 2.65. The van der Waals surface area contributed by atoms with E-state index in [4.69, 9.17) is 5.11 Å². The Hall–Kier alpha value is -1.76. The SMILES string of the molecule is O=C(O)C1CCC(NCc2ccc(OC(F)F)c(F)c2)CC1. The molecule has 2 rings (SSSR count). The molecule has 1 aliphatic rings. The monoisotopic (exact) mass is 317 g/mol. The van der Waals surface area contributed by atoms with Crippen LogP contribution in [0.4, 0.5) is 13.2 Å². The summed E-state index contributed by atoms with van der Waals surface area (Å²) in [6.07, 6.45) is 2.77. The van der Waals surface area contributed by atoms with Gasteiger partial charge in [0.2, 0.25) is 0 Å². The van der Waals surface area contributed by atoms with Crippen molar-refractivity contribution in [2.24, 2.45) is 5.92 Å². The molecule has 122 valence electrons. The van der Waals surface area contributed by atoms with Gasteiger partial charge in [-0.05, 0) is 43.4 Å². The molecule has 0 heterocycles. The van der Waals surface area contributed by atoms with E-state index in [1.165, 1.54) is 12.1 Å². The van der Waals surface area contributed by atoms with Gasteiger partial charge in [-0.2, -0.15) is 8.78 Å². The highest BCUT2D eigenvalue weighted by atomic mass is 19.3. The van der Waals surface area contributed by atoms with Crippen molar-refractivity contribution in [1.82, 2.24) is 5.32 Å². The Labute approximate surface area is 126 Å². The second-order valence-electron chi connectivity index (χ2n) is 5.41. The molecule has 1 aromatic carbocycles. The first-order valence-electron chi connectivity index (χ1n) is 7.15. The summed E-state index contributed by atoms with van der Waals surface area (Å²) in [4.78, 5) is 10.9. The van der Waals surface area contributed by atoms with E-state index in [-0.39, 0.29) is 12.0 Å². The Morgan fingerprint density at radius 1 is 1.32 bits per heavy atom. The zero-order chi connectivity index (χ0) is 16.1. The van der Waals surface area contributed by atoms with Gasteiger partial charge in [0.05, 0.1) is 5.92 Å². The van der Waals surface area contributed by atoms with Gasteiger partial charge in [-0.1, -0.05) is 6.07 Å². The number of aliphatic carboxylic acids is 1. The Morgan fingerprint density at radius 3 is 2.55 bits per heavy atom. The number of nitrogens with one attached hydrogen (secondary N) is 1. The first kappa shape index (κ1) is 16.6. The number of halogens is 3. The molecule has 2 N–H and O–H groups in total. The maximum atomic E-state index is 13.6. The molecule has 22 heavy (non-hydrogen) atoms. The molecule has 7 heteroatoms. The van der Waals surface area contributed by atoms with E-state index in [0.717, 1.165) is 18.9 Å². The number of rotatable bonds is 6. The van der Waals surface area contributed by atoms with Gasteiger partial charge in [-0.3, -0.25) is 4.79 Å². The zero-order valence-electron chi connectivity index (χ0n) is 11.9. The average Bonchev–Trinajstić information content (AvgIpc) is 2.47. The number of hydrogen-bond donors (Lipinski definition) is 2. The fourth-order valence-electron chi connectivity index (χ4n) is 2.65. The average molecular weight is 317 g/mol. The largest absolute Gasteiger partial charge is 0.481 e. The van der Waals surface area contributed by atoms with E-state index in [2.05, 4.69) is 10.1 Å². The Bertz CT molecular complexity index is 517. The van der Waals surface area contributed by atoms with E-state index in [1.54, 1.807) is 0 Å². The highest BCUT2D eigenvalue weighted by Gasteiger charge is 2.25. The lowest BCUT2D eigenvalue weighted by Crippen LogP contribution is -2.34. The summed E-state index contributed by atoms with van der Waals surface area (Å²) >= 11 is 0. The van der Waals surface area contributed by atoms with Crippen LogP contribution in [0.3, 0.4) is 0 Å². The molecule has 1 aromatic rings. The molecule has 4 nitrogen and oxygen atoms in total. The molecule has 1 fully saturated rings. The highest BCUT2D eigenvalue weighted by molar-refractivity contribution is 5.70. The van der Waals surface area contributed by atoms with Gasteiger partial charge in [-0.25, -0.2) is 4.39 Å². The Morgan fingerprint density at radius 2 is 2.00 bits per heavy atom. The second kappa shape index (κ2) is 7.49. The van der Waals surface area contributed by atoms with Crippen LogP contribution in [0.5, 0.6) is 5.75 Å². The van der Waals surface area contributed by atoms with Crippen LogP contribution in [0.25, 0.3) is 0 Å². The number of carboxylic acids is 1. The van der Waals surface area contributed by atoms with Crippen molar-refractivity contribution in [2.75, 3.05) is 0 Å². The lowest BCUT2D eigenvalue weighted by Gasteiger charge is -2.27. The van der Waals surface area contributed by atoms with Crippen LogP contribution in [-0.4, -0.2) is 23.7 Å². The van der Waals surface area contributed by atoms with Gasteiger partial charge < -0.3 is 15.2 Å². The molecule has 0 radical (unpaired) electrons. The third-order valence-electron chi connectivity index (χ3n) is 3.88. The number of ether oxygens (including phenoxy) is 1. The predicted molar refractivity (Wildman–Crippen MR) is 73.3 cm³/mol. The van der Waals surface area contributed by atoms with Crippen molar-refractivity contribution < 1.29 is 27.8 Å². The van der Waals surface area contributed by atoms with E-state index in [1.807, 2.05) is 0 Å². The molecule has 0 saturated heterocycles. The van der Waals surface area contributed by atoms with Crippen molar-refractivity contribution in [3.8, 4) is 5.75 Å². The topological polar surface area (TPSA) is 58.6 Å². The van der Waals surface area contributed by atoms with Gasteiger partial charge in [-0.15, -0.1) is 0 Å². The first-order valence-corrected chi connectivity index (χ1v) is 7.15. The van der Waals surface area contributed by atoms with Crippen LogP contribution >= 0.6 is 0 Å². The molecule has 0 spiro atoms. The maximum Gasteiger partial charge on any atom is 0.387 e. The summed E-state index contributed by atoms with van der Waals surface area (Å²) < 4.78 is 41.7. The minimum atomic E-state index is -3.05. The Balaban J connectivity index is 1.82. The molecular formula is C15H18F3NO3. The summed E-state index contributed by atoms with van der Waals surface area (Å²) in [5, 5.41) is 12.2. The maximum absolute atomic E-state index is 13.6. The summed E-state index contributed by atoms with van der Waals surface area (Å²) in [6, 6.07) is 4.06. The van der Waals surface area contributed by atoms with Crippen LogP contribution in [0, 0.1) is 11.7 Å². The summed E-state index contributed by atoms with van der Waals surface area (Å²) in [6.45, 7) is -2.66. The van der Waals surface area contributed by atoms with Crippen molar-refractivity contribution in [1.29, 1.82) is 0 Å². The van der Waals surface area contributed by atoms with E-state index < -0.39 is 24.1 Å². The van der Waals surface area contributed by atoms with E-state index in [9.17, 15) is 18.0 Å². The van der Waals surface area contributed by atoms with E-state index in [0.29, 0.717) is 24.9 Å². The summed E-state index contributed by atoms with van der Waals surface area (Å²) in [5.41, 5.74) is 0.625. The minimum absolute atomic E-state index is 0.190. The fraction of sp³-hybridized carbons (Fsp3) is 0.533. The lowest BCUT2D eigenvalue weighted by atomic mass is 9.86. The van der Waals surface area contributed by atoms with E-state index >= 15 is 0 Å². The van der Waals surface area contributed by atoms with Crippen LogP contribution in [-0.2, 0) is 11.3 Å². The van der Waals surface area contributed by atoms with Crippen LogP contribution < -0.4 is 10.1 Å². The van der Waals surface area contributed by atoms with Crippen LogP contribution in [0.1, 0.15) is 31.2 Å². The zero-order valence-corrected chi connectivity index (χ0v) is 11.9. The molecular weight excluding hydrogens is 299 g/mol. The van der Waals surface area contributed by atoms with Crippen molar-refractivity contribution in [3.05, 3.63) is 29.6 Å². The number of benzene rings is 1. The number of alkyl halides is 2. The van der Waals surface area contributed by atoms with Gasteiger partial charge in [0.15, 0.2) is 11.6 Å². The first-order chi connectivity index (χ1) is 10.5. The lowest BCUT2D eigenvalue weighted by molar-refractivity contribution is -0.142. The molecule has 0 bridgehead atoms. The predicted octanol–water partition coefficient (Wildman–Crippen LogP) is 3.16. The number of carbonyl (C=O) groups is 1. The third-order valence-corrected chi connectivity index (χ3v) is 3.88. The third kappa shape index (κ3) is 4.62. The van der Waals surface area contributed by atoms with Crippen molar-refractivity contribution >= 4 is 5.97 Å². The van der Waals surface area contributed by atoms with Gasteiger partial charge in [0, 0.05) is 12.6 Å². The molecule has 1 aliphatic carbocycles. The number of hydrogen-bond acceptors (Lipinski definition) is 3. The smallest absolute Gasteiger partial charge is 0.387 e. The minimum Gasteiger partial charge on any atom is -0.481 e. The molecule has 0 unspecified atom stereocenters.